The molecule has 0 radical (unpaired) electrons. The van der Waals surface area contributed by atoms with E-state index in [9.17, 15) is 9.67 Å². The van der Waals surface area contributed by atoms with Crippen LogP contribution in [0.15, 0.2) is 24.3 Å². The summed E-state index contributed by atoms with van der Waals surface area (Å²) in [4.78, 5) is 9.12. The molecule has 1 rings (SSSR count). The Labute approximate surface area is 76.3 Å². The van der Waals surface area contributed by atoms with Crippen LogP contribution in [0.1, 0.15) is 6.92 Å². The predicted octanol–water partition coefficient (Wildman–Crippen LogP) is 1.98. The number of phenols is 1. The van der Waals surface area contributed by atoms with Crippen LogP contribution in [0.4, 0.5) is 0 Å². The van der Waals surface area contributed by atoms with E-state index in [1.807, 2.05) is 0 Å². The van der Waals surface area contributed by atoms with Crippen LogP contribution in [0.3, 0.4) is 0 Å². The van der Waals surface area contributed by atoms with Gasteiger partial charge in [0.1, 0.15) is 0 Å². The second kappa shape index (κ2) is 3.81. The van der Waals surface area contributed by atoms with E-state index in [0.29, 0.717) is 0 Å². The molecule has 1 aromatic carbocycles. The van der Waals surface area contributed by atoms with Crippen molar-refractivity contribution >= 4 is 7.60 Å². The first-order valence-corrected chi connectivity index (χ1v) is 5.61. The van der Waals surface area contributed by atoms with Gasteiger partial charge in [-0.15, -0.1) is 0 Å². The SMILES string of the molecule is CCP(=O)(O)Oc1ccccc1O. The van der Waals surface area contributed by atoms with E-state index in [0.717, 1.165) is 0 Å². The lowest BCUT2D eigenvalue weighted by molar-refractivity contribution is 0.366. The highest BCUT2D eigenvalue weighted by molar-refractivity contribution is 7.53. The number of phenolic OH excluding ortho intramolecular Hbond substituents is 1. The molecule has 0 amide bonds. The fourth-order valence-corrected chi connectivity index (χ4v) is 1.34. The van der Waals surface area contributed by atoms with Gasteiger partial charge in [-0.1, -0.05) is 19.1 Å². The Balaban J connectivity index is 2.86. The molecule has 1 atom stereocenters. The summed E-state index contributed by atoms with van der Waals surface area (Å²) in [6.07, 6.45) is 0.0152. The average molecular weight is 202 g/mol. The zero-order valence-electron chi connectivity index (χ0n) is 7.17. The molecule has 72 valence electrons. The number of para-hydroxylation sites is 2. The highest BCUT2D eigenvalue weighted by atomic mass is 31.2. The van der Waals surface area contributed by atoms with Crippen LogP contribution < -0.4 is 4.52 Å². The van der Waals surface area contributed by atoms with Crippen molar-refractivity contribution < 1.29 is 19.1 Å². The number of hydrogen-bond acceptors (Lipinski definition) is 3. The third-order valence-corrected chi connectivity index (χ3v) is 2.79. The quantitative estimate of drug-likeness (QED) is 0.735. The van der Waals surface area contributed by atoms with Gasteiger partial charge in [-0.25, -0.2) is 4.57 Å². The minimum Gasteiger partial charge on any atom is -0.504 e. The van der Waals surface area contributed by atoms with Crippen molar-refractivity contribution in [2.24, 2.45) is 0 Å². The molecule has 0 heterocycles. The van der Waals surface area contributed by atoms with Crippen LogP contribution in [0.25, 0.3) is 0 Å². The molecule has 0 spiro atoms. The molecular weight excluding hydrogens is 191 g/mol. The second-order valence-corrected chi connectivity index (χ2v) is 4.60. The Kier molecular flexibility index (Phi) is 2.96. The maximum Gasteiger partial charge on any atom is 0.376 e. The summed E-state index contributed by atoms with van der Waals surface area (Å²) in [6, 6.07) is 6.06. The van der Waals surface area contributed by atoms with Crippen LogP contribution in [0.2, 0.25) is 0 Å². The van der Waals surface area contributed by atoms with Gasteiger partial charge in [0.15, 0.2) is 11.5 Å². The van der Waals surface area contributed by atoms with Crippen molar-refractivity contribution in [2.75, 3.05) is 6.16 Å². The first-order chi connectivity index (χ1) is 6.05. The molecule has 0 aliphatic rings. The lowest BCUT2D eigenvalue weighted by Crippen LogP contribution is -1.94. The largest absolute Gasteiger partial charge is 0.504 e. The maximum atomic E-state index is 11.1. The van der Waals surface area contributed by atoms with Gasteiger partial charge in [0.05, 0.1) is 6.16 Å². The van der Waals surface area contributed by atoms with E-state index in [-0.39, 0.29) is 17.7 Å². The molecule has 0 aromatic heterocycles. The summed E-state index contributed by atoms with van der Waals surface area (Å²) in [5.41, 5.74) is 0. The van der Waals surface area contributed by atoms with Gasteiger partial charge in [0, 0.05) is 0 Å². The minimum absolute atomic E-state index is 0.0152. The Bertz CT molecular complexity index is 337. The average Bonchev–Trinajstić information content (AvgIpc) is 2.09. The van der Waals surface area contributed by atoms with E-state index in [1.54, 1.807) is 19.1 Å². The molecule has 2 N–H and O–H groups in total. The van der Waals surface area contributed by atoms with Crippen molar-refractivity contribution in [1.29, 1.82) is 0 Å². The monoisotopic (exact) mass is 202 g/mol. The standard InChI is InChI=1S/C8H11O4P/c1-2-13(10,11)12-8-6-4-3-5-7(8)9/h3-6,9H,2H2,1H3,(H,10,11). The third kappa shape index (κ3) is 2.76. The first kappa shape index (κ1) is 10.1. The van der Waals surface area contributed by atoms with Gasteiger partial charge in [-0.05, 0) is 12.1 Å². The molecule has 0 aliphatic carbocycles. The molecule has 1 aromatic rings. The molecule has 4 nitrogen and oxygen atoms in total. The van der Waals surface area contributed by atoms with Crippen molar-refractivity contribution in [1.82, 2.24) is 0 Å². The van der Waals surface area contributed by atoms with Crippen LogP contribution in [-0.2, 0) is 4.57 Å². The zero-order chi connectivity index (χ0) is 9.90. The van der Waals surface area contributed by atoms with Crippen molar-refractivity contribution in [3.8, 4) is 11.5 Å². The Morgan fingerprint density at radius 3 is 2.62 bits per heavy atom. The Morgan fingerprint density at radius 1 is 1.46 bits per heavy atom. The summed E-state index contributed by atoms with van der Waals surface area (Å²) >= 11 is 0. The van der Waals surface area contributed by atoms with Crippen LogP contribution in [-0.4, -0.2) is 16.2 Å². The molecule has 0 bridgehead atoms. The fraction of sp³-hybridized carbons (Fsp3) is 0.250. The lowest BCUT2D eigenvalue weighted by Gasteiger charge is -2.11. The van der Waals surface area contributed by atoms with Gasteiger partial charge in [0.25, 0.3) is 0 Å². The normalized spacial score (nSPS) is 14.9. The van der Waals surface area contributed by atoms with Crippen molar-refractivity contribution in [3.63, 3.8) is 0 Å². The fourth-order valence-electron chi connectivity index (χ4n) is 0.753. The molecule has 0 saturated carbocycles. The van der Waals surface area contributed by atoms with Gasteiger partial charge < -0.3 is 14.5 Å². The van der Waals surface area contributed by atoms with Gasteiger partial charge in [-0.2, -0.15) is 0 Å². The van der Waals surface area contributed by atoms with Crippen LogP contribution >= 0.6 is 7.60 Å². The minimum atomic E-state index is -3.58. The van der Waals surface area contributed by atoms with E-state index < -0.39 is 7.60 Å². The summed E-state index contributed by atoms with van der Waals surface area (Å²) in [5, 5.41) is 9.21. The topological polar surface area (TPSA) is 66.8 Å². The molecule has 13 heavy (non-hydrogen) atoms. The predicted molar refractivity (Wildman–Crippen MR) is 49.1 cm³/mol. The summed E-state index contributed by atoms with van der Waals surface area (Å²) in [5.74, 6) is -0.0968. The van der Waals surface area contributed by atoms with E-state index in [2.05, 4.69) is 0 Å². The number of benzene rings is 1. The van der Waals surface area contributed by atoms with Crippen LogP contribution in [0, 0.1) is 0 Å². The summed E-state index contributed by atoms with van der Waals surface area (Å²) in [6.45, 7) is 1.54. The first-order valence-electron chi connectivity index (χ1n) is 3.84. The van der Waals surface area contributed by atoms with E-state index >= 15 is 0 Å². The molecular formula is C8H11O4P. The van der Waals surface area contributed by atoms with Crippen molar-refractivity contribution in [3.05, 3.63) is 24.3 Å². The Hall–Kier alpha value is -0.990. The van der Waals surface area contributed by atoms with Crippen molar-refractivity contribution in [2.45, 2.75) is 6.92 Å². The van der Waals surface area contributed by atoms with Gasteiger partial charge in [0.2, 0.25) is 0 Å². The molecule has 5 heteroatoms. The molecule has 0 aliphatic heterocycles. The highest BCUT2D eigenvalue weighted by Crippen LogP contribution is 2.44. The van der Waals surface area contributed by atoms with E-state index in [4.69, 9.17) is 9.42 Å². The van der Waals surface area contributed by atoms with Gasteiger partial charge in [-0.3, -0.25) is 0 Å². The number of rotatable bonds is 3. The highest BCUT2D eigenvalue weighted by Gasteiger charge is 2.18. The van der Waals surface area contributed by atoms with E-state index in [1.165, 1.54) is 12.1 Å². The van der Waals surface area contributed by atoms with Gasteiger partial charge >= 0.3 is 7.60 Å². The third-order valence-electron chi connectivity index (χ3n) is 1.51. The lowest BCUT2D eigenvalue weighted by atomic mass is 10.3. The summed E-state index contributed by atoms with van der Waals surface area (Å²) < 4.78 is 15.9. The Morgan fingerprint density at radius 2 is 2.08 bits per heavy atom. The summed E-state index contributed by atoms with van der Waals surface area (Å²) in [7, 11) is -3.58. The molecule has 0 fully saturated rings. The zero-order valence-corrected chi connectivity index (χ0v) is 8.07. The maximum absolute atomic E-state index is 11.1. The molecule has 1 unspecified atom stereocenters. The number of aromatic hydroxyl groups is 1. The number of hydrogen-bond donors (Lipinski definition) is 2. The van der Waals surface area contributed by atoms with Crippen LogP contribution in [0.5, 0.6) is 11.5 Å². The molecule has 0 saturated heterocycles. The second-order valence-electron chi connectivity index (χ2n) is 2.51. The smallest absolute Gasteiger partial charge is 0.376 e.